The predicted molar refractivity (Wildman–Crippen MR) is 173 cm³/mol. The second kappa shape index (κ2) is 11.6. The van der Waals surface area contributed by atoms with E-state index in [1.54, 1.807) is 10.7 Å². The number of rotatable bonds is 9. The predicted octanol–water partition coefficient (Wildman–Crippen LogP) is 6.99. The first-order chi connectivity index (χ1) is 21.3. The van der Waals surface area contributed by atoms with E-state index in [-0.39, 0.29) is 17.5 Å². The van der Waals surface area contributed by atoms with E-state index in [4.69, 9.17) is 10.2 Å². The number of aromatic carboxylic acids is 1. The van der Waals surface area contributed by atoms with Crippen molar-refractivity contribution in [2.45, 2.75) is 56.8 Å². The van der Waals surface area contributed by atoms with E-state index >= 15 is 0 Å². The molecule has 6 rings (SSSR count). The third-order valence-electron chi connectivity index (χ3n) is 8.07. The molecule has 232 valence electrons. The molecule has 2 heterocycles. The number of thiazole rings is 1. The molecule has 8 nitrogen and oxygen atoms in total. The van der Waals surface area contributed by atoms with Gasteiger partial charge in [-0.25, -0.2) is 32.4 Å². The molecule has 5 aromatic rings. The van der Waals surface area contributed by atoms with Gasteiger partial charge in [0, 0.05) is 22.9 Å². The largest absolute Gasteiger partial charge is 0.476 e. The summed E-state index contributed by atoms with van der Waals surface area (Å²) in [5.41, 5.74) is 7.03. The number of carboxylic acids is 1. The highest BCUT2D eigenvalue weighted by Crippen LogP contribution is 2.39. The summed E-state index contributed by atoms with van der Waals surface area (Å²) in [6, 6.07) is 20.5. The molecular formula is C34H33FN4O4S2. The van der Waals surface area contributed by atoms with Gasteiger partial charge in [-0.15, -0.1) is 11.3 Å². The molecule has 0 atom stereocenters. The molecule has 0 bridgehead atoms. The van der Waals surface area contributed by atoms with Crippen LogP contribution in [0.25, 0.3) is 27.5 Å². The molecule has 1 fully saturated rings. The van der Waals surface area contributed by atoms with Crippen molar-refractivity contribution in [3.8, 4) is 27.5 Å². The van der Waals surface area contributed by atoms with Crippen LogP contribution in [0.2, 0.25) is 0 Å². The number of sulfonamides is 1. The lowest BCUT2D eigenvalue weighted by Gasteiger charge is -2.19. The van der Waals surface area contributed by atoms with Gasteiger partial charge in [-0.2, -0.15) is 5.10 Å². The molecule has 0 spiro atoms. The van der Waals surface area contributed by atoms with E-state index in [0.29, 0.717) is 28.7 Å². The fraction of sp³-hybridized carbons (Fsp3) is 0.265. The summed E-state index contributed by atoms with van der Waals surface area (Å²) >= 11 is 1.19. The van der Waals surface area contributed by atoms with Gasteiger partial charge in [0.25, 0.3) is 0 Å². The molecule has 1 aliphatic carbocycles. The second-order valence-corrected chi connectivity index (χ2v) is 14.9. The average molecular weight is 645 g/mol. The highest BCUT2D eigenvalue weighted by atomic mass is 32.2. The monoisotopic (exact) mass is 644 g/mol. The van der Waals surface area contributed by atoms with Crippen molar-refractivity contribution in [1.82, 2.24) is 14.8 Å². The minimum absolute atomic E-state index is 0.0302. The van der Waals surface area contributed by atoms with E-state index in [9.17, 15) is 22.7 Å². The van der Waals surface area contributed by atoms with Crippen LogP contribution in [0.3, 0.4) is 0 Å². The van der Waals surface area contributed by atoms with E-state index in [1.807, 2.05) is 18.2 Å². The number of primary sulfonamides is 1. The van der Waals surface area contributed by atoms with Crippen molar-refractivity contribution < 1.29 is 22.7 Å². The van der Waals surface area contributed by atoms with Gasteiger partial charge < -0.3 is 5.11 Å². The van der Waals surface area contributed by atoms with Gasteiger partial charge in [0.15, 0.2) is 5.69 Å². The summed E-state index contributed by atoms with van der Waals surface area (Å²) in [5, 5.41) is 21.7. The molecule has 45 heavy (non-hydrogen) atoms. The van der Waals surface area contributed by atoms with Crippen LogP contribution in [0.15, 0.2) is 77.0 Å². The average Bonchev–Trinajstić information content (AvgIpc) is 3.54. The number of hydrogen-bond acceptors (Lipinski definition) is 6. The van der Waals surface area contributed by atoms with Gasteiger partial charge in [0.05, 0.1) is 11.4 Å². The molecule has 1 saturated carbocycles. The zero-order chi connectivity index (χ0) is 32.1. The van der Waals surface area contributed by atoms with E-state index < -0.39 is 26.7 Å². The fourth-order valence-electron chi connectivity index (χ4n) is 5.42. The normalized spacial score (nSPS) is 13.7. The molecule has 11 heteroatoms. The molecular weight excluding hydrogens is 612 g/mol. The molecule has 2 aromatic heterocycles. The van der Waals surface area contributed by atoms with Crippen LogP contribution in [-0.2, 0) is 28.3 Å². The lowest BCUT2D eigenvalue weighted by atomic mass is 9.86. The van der Waals surface area contributed by atoms with Crippen molar-refractivity contribution in [2.24, 2.45) is 11.1 Å². The van der Waals surface area contributed by atoms with Crippen LogP contribution in [0.5, 0.6) is 0 Å². The number of carboxylic acid groups (broad SMARTS) is 1. The maximum atomic E-state index is 14.9. The molecule has 0 aliphatic heterocycles. The summed E-state index contributed by atoms with van der Waals surface area (Å²) < 4.78 is 40.4. The van der Waals surface area contributed by atoms with Gasteiger partial charge in [0.2, 0.25) is 15.2 Å². The second-order valence-electron chi connectivity index (χ2n) is 12.5. The number of nitrogens with two attached hydrogens (primary N) is 1. The maximum absolute atomic E-state index is 14.9. The van der Waals surface area contributed by atoms with E-state index in [0.717, 1.165) is 40.8 Å². The van der Waals surface area contributed by atoms with Crippen LogP contribution < -0.4 is 5.14 Å². The topological polar surface area (TPSA) is 128 Å². The molecule has 0 radical (unpaired) electrons. The summed E-state index contributed by atoms with van der Waals surface area (Å²) in [5.74, 6) is -1.59. The van der Waals surface area contributed by atoms with Crippen LogP contribution in [0.4, 0.5) is 4.39 Å². The molecule has 3 aromatic carbocycles. The Labute approximate surface area is 265 Å². The zero-order valence-electron chi connectivity index (χ0n) is 25.1. The molecule has 0 unspecified atom stereocenters. The number of carbonyl (C=O) groups is 1. The Bertz CT molecular complexity index is 2020. The first kappa shape index (κ1) is 30.8. The smallest absolute Gasteiger partial charge is 0.355 e. The highest BCUT2D eigenvalue weighted by molar-refractivity contribution is 7.89. The van der Waals surface area contributed by atoms with Gasteiger partial charge in [-0.1, -0.05) is 69.3 Å². The highest BCUT2D eigenvalue weighted by Gasteiger charge is 2.30. The quantitative estimate of drug-likeness (QED) is 0.178. The summed E-state index contributed by atoms with van der Waals surface area (Å²) in [4.78, 5) is 15.4. The Morgan fingerprint density at radius 1 is 1.04 bits per heavy atom. The van der Waals surface area contributed by atoms with Crippen molar-refractivity contribution >= 4 is 27.3 Å². The van der Waals surface area contributed by atoms with Crippen LogP contribution >= 0.6 is 11.3 Å². The van der Waals surface area contributed by atoms with Crippen LogP contribution in [-0.4, -0.2) is 34.3 Å². The third-order valence-corrected chi connectivity index (χ3v) is 9.83. The molecule has 0 amide bonds. The van der Waals surface area contributed by atoms with Crippen LogP contribution in [0, 0.1) is 11.7 Å². The summed E-state index contributed by atoms with van der Waals surface area (Å²) in [6.07, 6.45) is 3.09. The number of aromatic nitrogens is 3. The standard InChI is InChI=1S/C34H33FN4O4S2/c1-34(2,3)25-12-10-22(11-13-25)23-5-4-6-24(18-23)31-26(15-21-9-14-30(27(35)16-21)45(36,42)43)29(17-20-7-8-20)39(38-31)33-37-28(19-44-33)32(40)41/h4-6,9-14,16,18-20H,7-8,15,17H2,1-3H3,(H,40,41)(H2,36,42,43). The lowest BCUT2D eigenvalue weighted by molar-refractivity contribution is 0.0691. The fourth-order valence-corrected chi connectivity index (χ4v) is 6.78. The van der Waals surface area contributed by atoms with Crippen molar-refractivity contribution in [1.29, 1.82) is 0 Å². The van der Waals surface area contributed by atoms with Crippen molar-refractivity contribution in [2.75, 3.05) is 0 Å². The minimum Gasteiger partial charge on any atom is -0.476 e. The third kappa shape index (κ3) is 6.61. The molecule has 3 N–H and O–H groups in total. The Balaban J connectivity index is 1.50. The Hall–Kier alpha value is -4.19. The zero-order valence-corrected chi connectivity index (χ0v) is 26.8. The van der Waals surface area contributed by atoms with Crippen LogP contribution in [0.1, 0.15) is 66.5 Å². The Morgan fingerprint density at radius 3 is 2.36 bits per heavy atom. The van der Waals surface area contributed by atoms with Gasteiger partial charge >= 0.3 is 5.97 Å². The van der Waals surface area contributed by atoms with E-state index in [2.05, 4.69) is 56.1 Å². The molecule has 0 saturated heterocycles. The maximum Gasteiger partial charge on any atom is 0.355 e. The van der Waals surface area contributed by atoms with Gasteiger partial charge in [0.1, 0.15) is 10.7 Å². The van der Waals surface area contributed by atoms with Crippen molar-refractivity contribution in [3.63, 3.8) is 0 Å². The van der Waals surface area contributed by atoms with E-state index in [1.165, 1.54) is 34.4 Å². The first-order valence-electron chi connectivity index (χ1n) is 14.6. The number of hydrogen-bond donors (Lipinski definition) is 2. The van der Waals surface area contributed by atoms with Crippen molar-refractivity contribution in [3.05, 3.63) is 106 Å². The summed E-state index contributed by atoms with van der Waals surface area (Å²) in [7, 11) is -4.22. The number of halogens is 1. The number of benzene rings is 3. The Morgan fingerprint density at radius 2 is 1.76 bits per heavy atom. The van der Waals surface area contributed by atoms with Gasteiger partial charge in [-0.05, 0) is 71.0 Å². The Kier molecular flexibility index (Phi) is 7.96. The van der Waals surface area contributed by atoms with Gasteiger partial charge in [-0.3, -0.25) is 0 Å². The number of nitrogens with zero attached hydrogens (tertiary/aromatic N) is 3. The summed E-state index contributed by atoms with van der Waals surface area (Å²) in [6.45, 7) is 6.53. The first-order valence-corrected chi connectivity index (χ1v) is 17.0. The SMILES string of the molecule is CC(C)(C)c1ccc(-c2cccc(-c3nn(-c4nc(C(=O)O)cs4)c(CC4CC4)c3Cc3ccc(S(N)(=O)=O)c(F)c3)c2)cc1. The minimum atomic E-state index is -4.22. The molecule has 1 aliphatic rings. The lowest BCUT2D eigenvalue weighted by Crippen LogP contribution is -2.14.